The summed E-state index contributed by atoms with van der Waals surface area (Å²) in [4.78, 5) is 13.0. The number of carbonyl (C=O) groups is 1. The van der Waals surface area contributed by atoms with Crippen LogP contribution >= 0.6 is 0 Å². The quantitative estimate of drug-likeness (QED) is 0.855. The maximum Gasteiger partial charge on any atom is 0.335 e. The highest BCUT2D eigenvalue weighted by atomic mass is 16.4. The van der Waals surface area contributed by atoms with Crippen LogP contribution in [0, 0.1) is 0 Å². The van der Waals surface area contributed by atoms with Crippen molar-refractivity contribution in [1.82, 2.24) is 4.90 Å². The van der Waals surface area contributed by atoms with Crippen molar-refractivity contribution < 1.29 is 9.90 Å². The minimum Gasteiger partial charge on any atom is -0.478 e. The van der Waals surface area contributed by atoms with Crippen molar-refractivity contribution in [2.24, 2.45) is 0 Å². The normalized spacial score (nSPS) is 10.6. The van der Waals surface area contributed by atoms with E-state index in [1.807, 2.05) is 18.2 Å². The zero-order chi connectivity index (χ0) is 15.2. The Labute approximate surface area is 125 Å². The standard InChI is InChI=1S/C17H20N2O2/c1-19(2)12-11-13-5-3-4-6-16(13)18-15-9-7-14(8-10-15)17(20)21/h3-10,18H,11-12H2,1-2H3,(H,20,21). The van der Waals surface area contributed by atoms with Crippen molar-refractivity contribution in [3.05, 3.63) is 59.7 Å². The van der Waals surface area contributed by atoms with E-state index in [0.29, 0.717) is 5.56 Å². The fourth-order valence-corrected chi connectivity index (χ4v) is 2.06. The number of carboxylic acid groups (broad SMARTS) is 1. The summed E-state index contributed by atoms with van der Waals surface area (Å²) >= 11 is 0. The predicted molar refractivity (Wildman–Crippen MR) is 85.4 cm³/mol. The van der Waals surface area contributed by atoms with E-state index >= 15 is 0 Å². The summed E-state index contributed by atoms with van der Waals surface area (Å²) in [6.07, 6.45) is 0.962. The Morgan fingerprint density at radius 1 is 1.10 bits per heavy atom. The summed E-state index contributed by atoms with van der Waals surface area (Å²) in [5.41, 5.74) is 3.48. The van der Waals surface area contributed by atoms with Crippen LogP contribution in [0.25, 0.3) is 0 Å². The third-order valence-electron chi connectivity index (χ3n) is 3.26. The number of anilines is 2. The fourth-order valence-electron chi connectivity index (χ4n) is 2.06. The molecule has 0 amide bonds. The highest BCUT2D eigenvalue weighted by molar-refractivity contribution is 5.88. The Kier molecular flexibility index (Phi) is 4.95. The molecule has 0 aromatic heterocycles. The van der Waals surface area contributed by atoms with Gasteiger partial charge in [-0.25, -0.2) is 4.79 Å². The zero-order valence-corrected chi connectivity index (χ0v) is 12.3. The molecule has 0 fully saturated rings. The van der Waals surface area contributed by atoms with Crippen molar-refractivity contribution in [1.29, 1.82) is 0 Å². The summed E-state index contributed by atoms with van der Waals surface area (Å²) in [6.45, 7) is 0.983. The Bertz CT molecular complexity index is 606. The summed E-state index contributed by atoms with van der Waals surface area (Å²) < 4.78 is 0. The molecule has 4 nitrogen and oxygen atoms in total. The van der Waals surface area contributed by atoms with E-state index in [4.69, 9.17) is 5.11 Å². The van der Waals surface area contributed by atoms with Gasteiger partial charge in [-0.15, -0.1) is 0 Å². The summed E-state index contributed by atoms with van der Waals surface area (Å²) in [6, 6.07) is 14.9. The molecule has 0 unspecified atom stereocenters. The molecule has 0 bridgehead atoms. The van der Waals surface area contributed by atoms with Crippen LogP contribution in [0.15, 0.2) is 48.5 Å². The molecule has 0 saturated heterocycles. The van der Waals surface area contributed by atoms with E-state index in [-0.39, 0.29) is 0 Å². The maximum atomic E-state index is 10.8. The first-order valence-corrected chi connectivity index (χ1v) is 6.89. The third kappa shape index (κ3) is 4.33. The monoisotopic (exact) mass is 284 g/mol. The Morgan fingerprint density at radius 2 is 1.76 bits per heavy atom. The maximum absolute atomic E-state index is 10.8. The molecular weight excluding hydrogens is 264 g/mol. The molecule has 0 aliphatic heterocycles. The van der Waals surface area contributed by atoms with E-state index in [1.165, 1.54) is 5.56 Å². The number of rotatable bonds is 6. The molecule has 2 aromatic carbocycles. The van der Waals surface area contributed by atoms with Gasteiger partial charge in [0.05, 0.1) is 5.56 Å². The van der Waals surface area contributed by atoms with Gasteiger partial charge >= 0.3 is 5.97 Å². The second-order valence-corrected chi connectivity index (χ2v) is 5.22. The van der Waals surface area contributed by atoms with Gasteiger partial charge in [0.25, 0.3) is 0 Å². The van der Waals surface area contributed by atoms with Gasteiger partial charge in [-0.1, -0.05) is 18.2 Å². The van der Waals surface area contributed by atoms with Gasteiger partial charge in [0.15, 0.2) is 0 Å². The summed E-state index contributed by atoms with van der Waals surface area (Å²) in [5, 5.41) is 12.3. The fraction of sp³-hybridized carbons (Fsp3) is 0.235. The molecule has 0 saturated carbocycles. The molecule has 2 rings (SSSR count). The number of para-hydroxylation sites is 1. The van der Waals surface area contributed by atoms with E-state index in [9.17, 15) is 4.79 Å². The van der Waals surface area contributed by atoms with E-state index in [1.54, 1.807) is 24.3 Å². The molecule has 2 aromatic rings. The van der Waals surface area contributed by atoms with Crippen molar-refractivity contribution in [2.75, 3.05) is 26.0 Å². The lowest BCUT2D eigenvalue weighted by Gasteiger charge is -2.14. The average molecular weight is 284 g/mol. The summed E-state index contributed by atoms with van der Waals surface area (Å²) in [5.74, 6) is -0.909. The molecule has 0 spiro atoms. The van der Waals surface area contributed by atoms with Crippen LogP contribution < -0.4 is 5.32 Å². The number of aromatic carboxylic acids is 1. The molecule has 21 heavy (non-hydrogen) atoms. The van der Waals surface area contributed by atoms with Crippen LogP contribution in [0.2, 0.25) is 0 Å². The molecule has 2 N–H and O–H groups in total. The molecule has 4 heteroatoms. The smallest absolute Gasteiger partial charge is 0.335 e. The van der Waals surface area contributed by atoms with E-state index in [2.05, 4.69) is 30.4 Å². The van der Waals surface area contributed by atoms with Crippen LogP contribution in [0.4, 0.5) is 11.4 Å². The highest BCUT2D eigenvalue weighted by Crippen LogP contribution is 2.21. The first kappa shape index (κ1) is 15.1. The van der Waals surface area contributed by atoms with Crippen LogP contribution in [-0.2, 0) is 6.42 Å². The van der Waals surface area contributed by atoms with Gasteiger partial charge in [0, 0.05) is 17.9 Å². The van der Waals surface area contributed by atoms with Gasteiger partial charge in [-0.2, -0.15) is 0 Å². The van der Waals surface area contributed by atoms with Gasteiger partial charge in [-0.3, -0.25) is 0 Å². The third-order valence-corrected chi connectivity index (χ3v) is 3.26. The molecule has 110 valence electrons. The molecule has 0 atom stereocenters. The lowest BCUT2D eigenvalue weighted by molar-refractivity contribution is 0.0697. The van der Waals surface area contributed by atoms with Gasteiger partial charge in [0.1, 0.15) is 0 Å². The van der Waals surface area contributed by atoms with Crippen LogP contribution in [0.5, 0.6) is 0 Å². The molecule has 0 aliphatic carbocycles. The van der Waals surface area contributed by atoms with Gasteiger partial charge in [-0.05, 0) is 56.4 Å². The van der Waals surface area contributed by atoms with Crippen molar-refractivity contribution >= 4 is 17.3 Å². The van der Waals surface area contributed by atoms with E-state index < -0.39 is 5.97 Å². The lowest BCUT2D eigenvalue weighted by Crippen LogP contribution is -2.15. The van der Waals surface area contributed by atoms with Crippen LogP contribution in [0.3, 0.4) is 0 Å². The number of nitrogens with zero attached hydrogens (tertiary/aromatic N) is 1. The van der Waals surface area contributed by atoms with Crippen LogP contribution in [0.1, 0.15) is 15.9 Å². The SMILES string of the molecule is CN(C)CCc1ccccc1Nc1ccc(C(=O)O)cc1. The zero-order valence-electron chi connectivity index (χ0n) is 12.3. The highest BCUT2D eigenvalue weighted by Gasteiger charge is 2.05. The number of benzene rings is 2. The topological polar surface area (TPSA) is 52.6 Å². The lowest BCUT2D eigenvalue weighted by atomic mass is 10.1. The molecule has 0 heterocycles. The molecular formula is C17H20N2O2. The van der Waals surface area contributed by atoms with Gasteiger partial charge < -0.3 is 15.3 Å². The number of likely N-dealkylation sites (N-methyl/N-ethyl adjacent to an activating group) is 1. The Hall–Kier alpha value is -2.33. The number of hydrogen-bond acceptors (Lipinski definition) is 3. The molecule has 0 aliphatic rings. The minimum absolute atomic E-state index is 0.293. The second-order valence-electron chi connectivity index (χ2n) is 5.22. The van der Waals surface area contributed by atoms with Crippen molar-refractivity contribution in [3.63, 3.8) is 0 Å². The van der Waals surface area contributed by atoms with Gasteiger partial charge in [0.2, 0.25) is 0 Å². The van der Waals surface area contributed by atoms with Crippen LogP contribution in [-0.4, -0.2) is 36.6 Å². The molecule has 0 radical (unpaired) electrons. The first-order valence-electron chi connectivity index (χ1n) is 6.89. The van der Waals surface area contributed by atoms with E-state index in [0.717, 1.165) is 24.3 Å². The number of hydrogen-bond donors (Lipinski definition) is 2. The average Bonchev–Trinajstić information content (AvgIpc) is 2.47. The Morgan fingerprint density at radius 3 is 2.38 bits per heavy atom. The van der Waals surface area contributed by atoms with Crippen molar-refractivity contribution in [2.45, 2.75) is 6.42 Å². The first-order chi connectivity index (χ1) is 10.1. The Balaban J connectivity index is 2.13. The second kappa shape index (κ2) is 6.90. The number of carboxylic acids is 1. The summed E-state index contributed by atoms with van der Waals surface area (Å²) in [7, 11) is 4.11. The predicted octanol–water partition coefficient (Wildman–Crippen LogP) is 3.23. The minimum atomic E-state index is -0.909. The largest absolute Gasteiger partial charge is 0.478 e. The van der Waals surface area contributed by atoms with Crippen molar-refractivity contribution in [3.8, 4) is 0 Å². The number of nitrogens with one attached hydrogen (secondary N) is 1.